The van der Waals surface area contributed by atoms with E-state index in [1.54, 1.807) is 6.07 Å². The summed E-state index contributed by atoms with van der Waals surface area (Å²) in [7, 11) is 0. The second-order valence-corrected chi connectivity index (χ2v) is 6.00. The first kappa shape index (κ1) is 15.5. The summed E-state index contributed by atoms with van der Waals surface area (Å²) in [6.45, 7) is 6.23. The van der Waals surface area contributed by atoms with Crippen molar-refractivity contribution in [2.75, 3.05) is 5.32 Å². The van der Waals surface area contributed by atoms with Gasteiger partial charge in [-0.25, -0.2) is 0 Å². The number of non-ortho nitro benzene ring substituents is 1. The molecule has 0 aliphatic rings. The first-order valence-electron chi connectivity index (χ1n) is 6.66. The maximum atomic E-state index is 10.7. The van der Waals surface area contributed by atoms with E-state index in [-0.39, 0.29) is 11.7 Å². The van der Waals surface area contributed by atoms with Gasteiger partial charge in [-0.1, -0.05) is 23.8 Å². The Morgan fingerprint density at radius 2 is 1.90 bits per heavy atom. The van der Waals surface area contributed by atoms with Crippen LogP contribution in [0.4, 0.5) is 11.4 Å². The summed E-state index contributed by atoms with van der Waals surface area (Å²) in [5.74, 6) is 0. The van der Waals surface area contributed by atoms with E-state index < -0.39 is 4.92 Å². The third-order valence-electron chi connectivity index (χ3n) is 3.43. The Morgan fingerprint density at radius 3 is 2.48 bits per heavy atom. The van der Waals surface area contributed by atoms with Gasteiger partial charge in [-0.15, -0.1) is 0 Å². The minimum atomic E-state index is -0.401. The van der Waals surface area contributed by atoms with Crippen molar-refractivity contribution < 1.29 is 4.92 Å². The first-order valence-corrected chi connectivity index (χ1v) is 7.45. The molecule has 0 aromatic heterocycles. The van der Waals surface area contributed by atoms with E-state index in [2.05, 4.69) is 60.2 Å². The third kappa shape index (κ3) is 3.61. The molecule has 5 heteroatoms. The van der Waals surface area contributed by atoms with Crippen LogP contribution in [0.15, 0.2) is 40.9 Å². The quantitative estimate of drug-likeness (QED) is 0.614. The van der Waals surface area contributed by atoms with Gasteiger partial charge >= 0.3 is 0 Å². The lowest BCUT2D eigenvalue weighted by Crippen LogP contribution is -2.09. The lowest BCUT2D eigenvalue weighted by molar-refractivity contribution is -0.384. The normalized spacial score (nSPS) is 12.0. The Labute approximate surface area is 132 Å². The van der Waals surface area contributed by atoms with Crippen LogP contribution in [0.25, 0.3) is 0 Å². The summed E-state index contributed by atoms with van der Waals surface area (Å²) in [5, 5.41) is 14.1. The van der Waals surface area contributed by atoms with Crippen molar-refractivity contribution in [1.82, 2.24) is 0 Å². The van der Waals surface area contributed by atoms with Crippen LogP contribution >= 0.6 is 15.9 Å². The lowest BCUT2D eigenvalue weighted by Gasteiger charge is -2.19. The number of nitrogens with one attached hydrogen (secondary N) is 1. The molecule has 0 saturated heterocycles. The summed E-state index contributed by atoms with van der Waals surface area (Å²) in [6, 6.07) is 11.2. The summed E-state index contributed by atoms with van der Waals surface area (Å²) in [5.41, 5.74) is 4.60. The zero-order chi connectivity index (χ0) is 15.6. The fourth-order valence-corrected chi connectivity index (χ4v) is 2.84. The molecule has 0 heterocycles. The van der Waals surface area contributed by atoms with E-state index in [9.17, 15) is 10.1 Å². The van der Waals surface area contributed by atoms with Crippen molar-refractivity contribution in [2.24, 2.45) is 0 Å². The number of nitro benzene ring substituents is 1. The van der Waals surface area contributed by atoms with Crippen LogP contribution in [0, 0.1) is 24.0 Å². The van der Waals surface area contributed by atoms with Crippen molar-refractivity contribution in [3.8, 4) is 0 Å². The number of nitrogens with zero attached hydrogens (tertiary/aromatic N) is 1. The largest absolute Gasteiger partial charge is 0.378 e. The van der Waals surface area contributed by atoms with Crippen LogP contribution in [0.2, 0.25) is 0 Å². The Bertz CT molecular complexity index is 686. The molecule has 0 spiro atoms. The molecule has 0 aliphatic carbocycles. The van der Waals surface area contributed by atoms with Gasteiger partial charge in [0.05, 0.1) is 4.92 Å². The zero-order valence-corrected chi connectivity index (χ0v) is 13.8. The van der Waals surface area contributed by atoms with Crippen LogP contribution < -0.4 is 5.32 Å². The molecule has 2 rings (SSSR count). The molecular weight excluding hydrogens is 332 g/mol. The predicted octanol–water partition coefficient (Wildman–Crippen LogP) is 5.15. The molecule has 110 valence electrons. The van der Waals surface area contributed by atoms with E-state index in [1.807, 2.05) is 0 Å². The molecule has 1 N–H and O–H groups in total. The molecule has 1 atom stereocenters. The molecule has 0 fully saturated rings. The Hall–Kier alpha value is -1.88. The fourth-order valence-electron chi connectivity index (χ4n) is 2.36. The summed E-state index contributed by atoms with van der Waals surface area (Å²) >= 11 is 3.38. The SMILES string of the molecule is Cc1ccc(C(C)Nc2ccc([N+](=O)[O-])cc2Br)c(C)c1. The van der Waals surface area contributed by atoms with Crippen LogP contribution in [0.5, 0.6) is 0 Å². The van der Waals surface area contributed by atoms with E-state index in [0.29, 0.717) is 4.47 Å². The highest BCUT2D eigenvalue weighted by Gasteiger charge is 2.13. The number of rotatable bonds is 4. The van der Waals surface area contributed by atoms with Crippen molar-refractivity contribution in [2.45, 2.75) is 26.8 Å². The minimum absolute atomic E-state index is 0.0756. The number of anilines is 1. The highest BCUT2D eigenvalue weighted by Crippen LogP contribution is 2.30. The van der Waals surface area contributed by atoms with Gasteiger partial charge in [-0.05, 0) is 53.9 Å². The van der Waals surface area contributed by atoms with Crippen LogP contribution in [0.3, 0.4) is 0 Å². The van der Waals surface area contributed by atoms with Crippen molar-refractivity contribution >= 4 is 27.3 Å². The summed E-state index contributed by atoms with van der Waals surface area (Å²) in [4.78, 5) is 10.3. The van der Waals surface area contributed by atoms with Gasteiger partial charge in [0, 0.05) is 28.3 Å². The second kappa shape index (κ2) is 6.26. The van der Waals surface area contributed by atoms with Gasteiger partial charge in [0.2, 0.25) is 0 Å². The van der Waals surface area contributed by atoms with Gasteiger partial charge in [0.15, 0.2) is 0 Å². The molecule has 21 heavy (non-hydrogen) atoms. The average molecular weight is 349 g/mol. The predicted molar refractivity (Wildman–Crippen MR) is 88.8 cm³/mol. The number of aryl methyl sites for hydroxylation is 2. The third-order valence-corrected chi connectivity index (χ3v) is 4.08. The number of hydrogen-bond donors (Lipinski definition) is 1. The van der Waals surface area contributed by atoms with Gasteiger partial charge in [-0.3, -0.25) is 10.1 Å². The minimum Gasteiger partial charge on any atom is -0.378 e. The van der Waals surface area contributed by atoms with E-state index in [4.69, 9.17) is 0 Å². The molecule has 2 aromatic carbocycles. The van der Waals surface area contributed by atoms with Crippen LogP contribution in [0.1, 0.15) is 29.7 Å². The van der Waals surface area contributed by atoms with Gasteiger partial charge in [0.1, 0.15) is 0 Å². The lowest BCUT2D eigenvalue weighted by atomic mass is 10.00. The van der Waals surface area contributed by atoms with Gasteiger partial charge < -0.3 is 5.32 Å². The first-order chi connectivity index (χ1) is 9.88. The Morgan fingerprint density at radius 1 is 1.19 bits per heavy atom. The van der Waals surface area contributed by atoms with Crippen LogP contribution in [-0.4, -0.2) is 4.92 Å². The summed E-state index contributed by atoms with van der Waals surface area (Å²) in [6.07, 6.45) is 0. The molecule has 0 saturated carbocycles. The molecule has 4 nitrogen and oxygen atoms in total. The fraction of sp³-hybridized carbons (Fsp3) is 0.250. The number of hydrogen-bond acceptors (Lipinski definition) is 3. The molecule has 0 aliphatic heterocycles. The number of halogens is 1. The highest BCUT2D eigenvalue weighted by atomic mass is 79.9. The monoisotopic (exact) mass is 348 g/mol. The summed E-state index contributed by atoms with van der Waals surface area (Å²) < 4.78 is 0.688. The number of nitro groups is 1. The van der Waals surface area contributed by atoms with Crippen LogP contribution in [-0.2, 0) is 0 Å². The molecule has 2 aromatic rings. The molecule has 0 amide bonds. The van der Waals surface area contributed by atoms with E-state index in [0.717, 1.165) is 5.69 Å². The Kier molecular flexibility index (Phi) is 4.63. The van der Waals surface area contributed by atoms with Gasteiger partial charge in [-0.2, -0.15) is 0 Å². The van der Waals surface area contributed by atoms with Crippen molar-refractivity contribution in [3.05, 3.63) is 67.7 Å². The highest BCUT2D eigenvalue weighted by molar-refractivity contribution is 9.10. The van der Waals surface area contributed by atoms with Crippen molar-refractivity contribution in [3.63, 3.8) is 0 Å². The van der Waals surface area contributed by atoms with Crippen molar-refractivity contribution in [1.29, 1.82) is 0 Å². The molecule has 1 unspecified atom stereocenters. The average Bonchev–Trinajstić information content (AvgIpc) is 2.40. The number of benzene rings is 2. The zero-order valence-electron chi connectivity index (χ0n) is 12.2. The van der Waals surface area contributed by atoms with E-state index >= 15 is 0 Å². The van der Waals surface area contributed by atoms with Gasteiger partial charge in [0.25, 0.3) is 5.69 Å². The molecular formula is C16H17BrN2O2. The standard InChI is InChI=1S/C16H17BrN2O2/c1-10-4-6-14(11(2)8-10)12(3)18-16-7-5-13(19(20)21)9-15(16)17/h4-9,12,18H,1-3H3. The Balaban J connectivity index is 2.23. The molecule has 0 bridgehead atoms. The van der Waals surface area contributed by atoms with E-state index in [1.165, 1.54) is 28.8 Å². The second-order valence-electron chi connectivity index (χ2n) is 5.15. The maximum absolute atomic E-state index is 10.7. The smallest absolute Gasteiger partial charge is 0.270 e. The topological polar surface area (TPSA) is 55.2 Å². The maximum Gasteiger partial charge on any atom is 0.270 e. The molecule has 0 radical (unpaired) electrons.